The third-order valence-corrected chi connectivity index (χ3v) is 6.41. The lowest BCUT2D eigenvalue weighted by Crippen LogP contribution is -2.43. The van der Waals surface area contributed by atoms with Crippen LogP contribution < -0.4 is 10.9 Å². The van der Waals surface area contributed by atoms with Crippen molar-refractivity contribution in [3.05, 3.63) is 33.2 Å². The van der Waals surface area contributed by atoms with Gasteiger partial charge in [-0.25, -0.2) is 4.79 Å². The summed E-state index contributed by atoms with van der Waals surface area (Å²) in [4.78, 5) is 37.9. The lowest BCUT2D eigenvalue weighted by Gasteiger charge is -2.26. The highest BCUT2D eigenvalue weighted by Gasteiger charge is 2.25. The van der Waals surface area contributed by atoms with Gasteiger partial charge in [0.2, 0.25) is 0 Å². The smallest absolute Gasteiger partial charge is 0.328 e. The number of hydrogen-bond acceptors (Lipinski definition) is 4. The molecule has 29 heavy (non-hydrogen) atoms. The SMILES string of the molecule is COC(=O)[C@H](C)NC(=O)c1cc2c(n(CC3CCCCC3)c1=O)CCCCCC2. The van der Waals surface area contributed by atoms with Gasteiger partial charge in [-0.3, -0.25) is 9.59 Å². The van der Waals surface area contributed by atoms with Crippen molar-refractivity contribution in [2.45, 2.75) is 90.1 Å². The van der Waals surface area contributed by atoms with Crippen LogP contribution in [0.4, 0.5) is 0 Å². The highest BCUT2D eigenvalue weighted by Crippen LogP contribution is 2.27. The summed E-state index contributed by atoms with van der Waals surface area (Å²) in [5.41, 5.74) is 2.18. The monoisotopic (exact) mass is 402 g/mol. The number of carbonyl (C=O) groups excluding carboxylic acids is 2. The van der Waals surface area contributed by atoms with Crippen LogP contribution in [0, 0.1) is 5.92 Å². The summed E-state index contributed by atoms with van der Waals surface area (Å²) < 4.78 is 6.58. The number of ether oxygens (including phenoxy) is 1. The maximum atomic E-state index is 13.4. The van der Waals surface area contributed by atoms with E-state index >= 15 is 0 Å². The first-order chi connectivity index (χ1) is 14.0. The second-order valence-electron chi connectivity index (χ2n) is 8.58. The molecular formula is C23H34N2O4. The predicted molar refractivity (Wildman–Crippen MR) is 112 cm³/mol. The summed E-state index contributed by atoms with van der Waals surface area (Å²) in [7, 11) is 1.29. The summed E-state index contributed by atoms with van der Waals surface area (Å²) >= 11 is 0. The molecule has 0 aromatic carbocycles. The molecule has 2 aliphatic rings. The zero-order chi connectivity index (χ0) is 20.8. The number of nitrogens with one attached hydrogen (secondary N) is 1. The molecule has 1 saturated carbocycles. The zero-order valence-electron chi connectivity index (χ0n) is 17.8. The molecule has 6 nitrogen and oxygen atoms in total. The third kappa shape index (κ3) is 5.28. The van der Waals surface area contributed by atoms with E-state index in [4.69, 9.17) is 0 Å². The van der Waals surface area contributed by atoms with E-state index in [1.54, 1.807) is 13.0 Å². The number of carbonyl (C=O) groups is 2. The summed E-state index contributed by atoms with van der Waals surface area (Å²) in [5.74, 6) is -0.509. The average Bonchev–Trinajstić information content (AvgIpc) is 2.71. The molecule has 1 atom stereocenters. The lowest BCUT2D eigenvalue weighted by molar-refractivity contribution is -0.142. The van der Waals surface area contributed by atoms with Gasteiger partial charge in [-0.1, -0.05) is 32.1 Å². The Hall–Kier alpha value is -2.11. The van der Waals surface area contributed by atoms with Crippen LogP contribution in [0.25, 0.3) is 0 Å². The minimum absolute atomic E-state index is 0.149. The molecule has 1 fully saturated rings. The first-order valence-electron chi connectivity index (χ1n) is 11.2. The highest BCUT2D eigenvalue weighted by molar-refractivity contribution is 5.96. The van der Waals surface area contributed by atoms with Crippen molar-refractivity contribution in [1.29, 1.82) is 0 Å². The number of hydrogen-bond donors (Lipinski definition) is 1. The first-order valence-corrected chi connectivity index (χ1v) is 11.2. The fraction of sp³-hybridized carbons (Fsp3) is 0.696. The van der Waals surface area contributed by atoms with E-state index in [-0.39, 0.29) is 11.1 Å². The molecule has 0 aliphatic heterocycles. The molecule has 0 spiro atoms. The van der Waals surface area contributed by atoms with Gasteiger partial charge in [-0.2, -0.15) is 0 Å². The van der Waals surface area contributed by atoms with E-state index < -0.39 is 17.9 Å². The van der Waals surface area contributed by atoms with E-state index in [2.05, 4.69) is 10.1 Å². The highest BCUT2D eigenvalue weighted by atomic mass is 16.5. The fourth-order valence-corrected chi connectivity index (χ4v) is 4.73. The van der Waals surface area contributed by atoms with Crippen molar-refractivity contribution in [2.24, 2.45) is 5.92 Å². The van der Waals surface area contributed by atoms with Gasteiger partial charge in [0, 0.05) is 12.2 Å². The number of fused-ring (bicyclic) bond motifs is 1. The van der Waals surface area contributed by atoms with E-state index in [9.17, 15) is 14.4 Å². The largest absolute Gasteiger partial charge is 0.467 e. The minimum Gasteiger partial charge on any atom is -0.467 e. The van der Waals surface area contributed by atoms with Gasteiger partial charge >= 0.3 is 5.97 Å². The van der Waals surface area contributed by atoms with Gasteiger partial charge in [0.25, 0.3) is 11.5 Å². The number of esters is 1. The molecule has 0 bridgehead atoms. The minimum atomic E-state index is -0.791. The predicted octanol–water partition coefficient (Wildman–Crippen LogP) is 3.38. The van der Waals surface area contributed by atoms with Crippen LogP contribution in [-0.4, -0.2) is 29.6 Å². The lowest BCUT2D eigenvalue weighted by atomic mass is 9.88. The Balaban J connectivity index is 1.96. The number of rotatable bonds is 5. The Morgan fingerprint density at radius 1 is 1.10 bits per heavy atom. The quantitative estimate of drug-likeness (QED) is 0.766. The second kappa shape index (κ2) is 10.1. The fourth-order valence-electron chi connectivity index (χ4n) is 4.73. The molecule has 0 unspecified atom stereocenters. The van der Waals surface area contributed by atoms with Crippen LogP contribution in [0.5, 0.6) is 0 Å². The molecule has 1 aromatic rings. The van der Waals surface area contributed by atoms with Crippen molar-refractivity contribution in [3.63, 3.8) is 0 Å². The molecular weight excluding hydrogens is 368 g/mol. The molecule has 0 radical (unpaired) electrons. The Bertz CT molecular complexity index is 793. The Labute approximate surface area is 173 Å². The van der Waals surface area contributed by atoms with Crippen LogP contribution in [0.15, 0.2) is 10.9 Å². The van der Waals surface area contributed by atoms with Crippen LogP contribution in [-0.2, 0) is 28.9 Å². The number of aromatic nitrogens is 1. The Morgan fingerprint density at radius 2 is 1.76 bits per heavy atom. The normalized spacial score (nSPS) is 18.8. The van der Waals surface area contributed by atoms with Gasteiger partial charge < -0.3 is 14.6 Å². The van der Waals surface area contributed by atoms with E-state index in [1.165, 1.54) is 39.2 Å². The maximum Gasteiger partial charge on any atom is 0.328 e. The topological polar surface area (TPSA) is 77.4 Å². The number of nitrogens with zero attached hydrogens (tertiary/aromatic N) is 1. The number of pyridine rings is 1. The molecule has 6 heteroatoms. The summed E-state index contributed by atoms with van der Waals surface area (Å²) in [5, 5.41) is 2.63. The maximum absolute atomic E-state index is 13.4. The Morgan fingerprint density at radius 3 is 2.45 bits per heavy atom. The second-order valence-corrected chi connectivity index (χ2v) is 8.58. The molecule has 160 valence electrons. The number of aryl methyl sites for hydroxylation is 1. The summed E-state index contributed by atoms with van der Waals surface area (Å²) in [6.45, 7) is 2.27. The molecule has 0 saturated heterocycles. The van der Waals surface area contributed by atoms with Crippen molar-refractivity contribution >= 4 is 11.9 Å². The zero-order valence-corrected chi connectivity index (χ0v) is 17.8. The molecule has 3 rings (SSSR count). The summed E-state index contributed by atoms with van der Waals surface area (Å²) in [6, 6.07) is 0.986. The molecule has 1 aromatic heterocycles. The van der Waals surface area contributed by atoms with Crippen molar-refractivity contribution < 1.29 is 14.3 Å². The number of methoxy groups -OCH3 is 1. The van der Waals surface area contributed by atoms with Gasteiger partial charge in [-0.15, -0.1) is 0 Å². The van der Waals surface area contributed by atoms with Crippen LogP contribution in [0.2, 0.25) is 0 Å². The number of amides is 1. The Kier molecular flexibility index (Phi) is 7.51. The molecule has 1 amide bonds. The van der Waals surface area contributed by atoms with E-state index in [0.717, 1.165) is 49.8 Å². The van der Waals surface area contributed by atoms with Gasteiger partial charge in [0.15, 0.2) is 0 Å². The standard InChI is InChI=1S/C23H34N2O4/c1-16(23(28)29-2)24-21(26)19-14-18-12-8-3-4-9-13-20(18)25(22(19)27)15-17-10-6-5-7-11-17/h14,16-17H,3-13,15H2,1-2H3,(H,24,26)/t16-/m0/s1. The van der Waals surface area contributed by atoms with E-state index in [0.29, 0.717) is 12.5 Å². The first kappa shape index (κ1) is 21.6. The van der Waals surface area contributed by atoms with Crippen LogP contribution >= 0.6 is 0 Å². The van der Waals surface area contributed by atoms with E-state index in [1.807, 2.05) is 4.57 Å². The van der Waals surface area contributed by atoms with Crippen molar-refractivity contribution in [3.8, 4) is 0 Å². The van der Waals surface area contributed by atoms with Gasteiger partial charge in [-0.05, 0) is 63.0 Å². The van der Waals surface area contributed by atoms with Gasteiger partial charge in [0.1, 0.15) is 11.6 Å². The molecule has 2 aliphatic carbocycles. The molecule has 1 heterocycles. The van der Waals surface area contributed by atoms with Crippen LogP contribution in [0.1, 0.15) is 86.3 Å². The average molecular weight is 403 g/mol. The van der Waals surface area contributed by atoms with Gasteiger partial charge in [0.05, 0.1) is 7.11 Å². The van der Waals surface area contributed by atoms with Crippen molar-refractivity contribution in [2.75, 3.05) is 7.11 Å². The van der Waals surface area contributed by atoms with Crippen LogP contribution in [0.3, 0.4) is 0 Å². The third-order valence-electron chi connectivity index (χ3n) is 6.41. The summed E-state index contributed by atoms with van der Waals surface area (Å²) in [6.07, 6.45) is 12.3. The van der Waals surface area contributed by atoms with Crippen molar-refractivity contribution in [1.82, 2.24) is 9.88 Å². The molecule has 1 N–H and O–H groups in total.